The largest absolute Gasteiger partial charge is 0.393 e. The standard InChI is InChI=1S/C20H27N5O2/c1-14-13-25(10-5-18(14)26)16-3-8-21-17(11-16)19(27)22-20(6-7-20)12-15-4-9-24(2)23-15/h3-4,8-9,11,14,18,26H,5-7,10,12-13H2,1-2H3,(H,22,27)/t14-,18-/m1/s1. The second-order valence-corrected chi connectivity index (χ2v) is 8.07. The Bertz CT molecular complexity index is 829. The van der Waals surface area contributed by atoms with Crippen LogP contribution >= 0.6 is 0 Å². The zero-order valence-electron chi connectivity index (χ0n) is 15.9. The molecule has 0 aromatic carbocycles. The van der Waals surface area contributed by atoms with Gasteiger partial charge in [0.25, 0.3) is 5.91 Å². The van der Waals surface area contributed by atoms with Crippen molar-refractivity contribution in [2.75, 3.05) is 18.0 Å². The minimum Gasteiger partial charge on any atom is -0.393 e. The van der Waals surface area contributed by atoms with Crippen molar-refractivity contribution < 1.29 is 9.90 Å². The summed E-state index contributed by atoms with van der Waals surface area (Å²) in [5.41, 5.74) is 2.24. The number of anilines is 1. The Balaban J connectivity index is 1.43. The number of carbonyl (C=O) groups is 1. The molecule has 2 fully saturated rings. The van der Waals surface area contributed by atoms with Gasteiger partial charge in [0.15, 0.2) is 0 Å². The van der Waals surface area contributed by atoms with E-state index < -0.39 is 0 Å². The number of piperidine rings is 1. The van der Waals surface area contributed by atoms with Gasteiger partial charge in [-0.3, -0.25) is 14.5 Å². The van der Waals surface area contributed by atoms with E-state index in [9.17, 15) is 9.90 Å². The maximum atomic E-state index is 12.8. The summed E-state index contributed by atoms with van der Waals surface area (Å²) < 4.78 is 1.79. The van der Waals surface area contributed by atoms with Gasteiger partial charge in [-0.25, -0.2) is 0 Å². The number of aryl methyl sites for hydroxylation is 1. The van der Waals surface area contributed by atoms with E-state index in [0.717, 1.165) is 50.2 Å². The molecule has 0 radical (unpaired) electrons. The van der Waals surface area contributed by atoms with Gasteiger partial charge in [-0.15, -0.1) is 0 Å². The second kappa shape index (κ2) is 6.96. The SMILES string of the molecule is C[C@@H]1CN(c2ccnc(C(=O)NC3(Cc4ccn(C)n4)CC3)c2)CC[C@H]1O. The molecule has 1 saturated carbocycles. The molecule has 7 nitrogen and oxygen atoms in total. The van der Waals surface area contributed by atoms with Gasteiger partial charge in [-0.2, -0.15) is 5.10 Å². The van der Waals surface area contributed by atoms with Crippen molar-refractivity contribution in [3.8, 4) is 0 Å². The molecule has 2 aromatic rings. The van der Waals surface area contributed by atoms with Crippen LogP contribution in [0.15, 0.2) is 30.6 Å². The Morgan fingerprint density at radius 1 is 1.41 bits per heavy atom. The van der Waals surface area contributed by atoms with Crippen molar-refractivity contribution in [3.05, 3.63) is 42.0 Å². The molecule has 2 N–H and O–H groups in total. The summed E-state index contributed by atoms with van der Waals surface area (Å²) in [6.07, 6.45) is 6.81. The minimum atomic E-state index is -0.243. The van der Waals surface area contributed by atoms with Crippen molar-refractivity contribution >= 4 is 11.6 Å². The lowest BCUT2D eigenvalue weighted by molar-refractivity contribution is 0.0924. The first-order chi connectivity index (χ1) is 12.9. The normalized spacial score (nSPS) is 23.9. The molecule has 2 aliphatic rings. The van der Waals surface area contributed by atoms with Crippen molar-refractivity contribution in [1.29, 1.82) is 0 Å². The number of carbonyl (C=O) groups excluding carboxylic acids is 1. The Kier molecular flexibility index (Phi) is 4.63. The molecule has 4 rings (SSSR count). The Morgan fingerprint density at radius 2 is 2.22 bits per heavy atom. The molecule has 0 bridgehead atoms. The van der Waals surface area contributed by atoms with Gasteiger partial charge in [-0.1, -0.05) is 6.92 Å². The quantitative estimate of drug-likeness (QED) is 0.835. The first-order valence-electron chi connectivity index (χ1n) is 9.64. The molecule has 0 spiro atoms. The first kappa shape index (κ1) is 18.0. The van der Waals surface area contributed by atoms with Crippen LogP contribution in [0.2, 0.25) is 0 Å². The maximum Gasteiger partial charge on any atom is 0.270 e. The van der Waals surface area contributed by atoms with Gasteiger partial charge >= 0.3 is 0 Å². The van der Waals surface area contributed by atoms with E-state index in [1.807, 2.05) is 31.4 Å². The fraction of sp³-hybridized carbons (Fsp3) is 0.550. The second-order valence-electron chi connectivity index (χ2n) is 8.07. The molecular weight excluding hydrogens is 342 g/mol. The lowest BCUT2D eigenvalue weighted by Crippen LogP contribution is -2.42. The van der Waals surface area contributed by atoms with E-state index in [1.165, 1.54) is 0 Å². The number of aromatic nitrogens is 3. The predicted octanol–water partition coefficient (Wildman–Crippen LogP) is 1.53. The van der Waals surface area contributed by atoms with Crippen LogP contribution in [-0.4, -0.2) is 50.5 Å². The zero-order valence-corrected chi connectivity index (χ0v) is 15.9. The highest BCUT2D eigenvalue weighted by atomic mass is 16.3. The summed E-state index contributed by atoms with van der Waals surface area (Å²) in [4.78, 5) is 19.3. The zero-order chi connectivity index (χ0) is 19.0. The number of aliphatic hydroxyl groups is 1. The van der Waals surface area contributed by atoms with E-state index in [-0.39, 0.29) is 23.5 Å². The molecule has 7 heteroatoms. The summed E-state index contributed by atoms with van der Waals surface area (Å²) in [6.45, 7) is 3.64. The van der Waals surface area contributed by atoms with E-state index in [0.29, 0.717) is 5.69 Å². The van der Waals surface area contributed by atoms with E-state index in [1.54, 1.807) is 10.9 Å². The number of pyridine rings is 1. The fourth-order valence-electron chi connectivity index (χ4n) is 3.81. The van der Waals surface area contributed by atoms with Crippen LogP contribution in [0.4, 0.5) is 5.69 Å². The fourth-order valence-corrected chi connectivity index (χ4v) is 3.81. The summed E-state index contributed by atoms with van der Waals surface area (Å²) in [6, 6.07) is 5.79. The van der Waals surface area contributed by atoms with Gasteiger partial charge in [0, 0.05) is 50.2 Å². The molecule has 2 atom stereocenters. The van der Waals surface area contributed by atoms with Crippen LogP contribution < -0.4 is 10.2 Å². The van der Waals surface area contributed by atoms with Crippen LogP contribution in [0.5, 0.6) is 0 Å². The molecule has 0 unspecified atom stereocenters. The average Bonchev–Trinajstić information content (AvgIpc) is 3.28. The summed E-state index contributed by atoms with van der Waals surface area (Å²) in [5.74, 6) is 0.0904. The number of hydrogen-bond donors (Lipinski definition) is 2. The van der Waals surface area contributed by atoms with Gasteiger partial charge in [-0.05, 0) is 43.4 Å². The topological polar surface area (TPSA) is 83.3 Å². The summed E-state index contributed by atoms with van der Waals surface area (Å²) >= 11 is 0. The van der Waals surface area contributed by atoms with Crippen LogP contribution in [-0.2, 0) is 13.5 Å². The lowest BCUT2D eigenvalue weighted by Gasteiger charge is -2.36. The van der Waals surface area contributed by atoms with E-state index in [2.05, 4.69) is 27.2 Å². The van der Waals surface area contributed by atoms with Crippen molar-refractivity contribution in [1.82, 2.24) is 20.1 Å². The molecule has 1 aliphatic carbocycles. The molecular formula is C20H27N5O2. The molecule has 144 valence electrons. The van der Waals surface area contributed by atoms with E-state index >= 15 is 0 Å². The monoisotopic (exact) mass is 369 g/mol. The van der Waals surface area contributed by atoms with Crippen LogP contribution in [0, 0.1) is 5.92 Å². The summed E-state index contributed by atoms with van der Waals surface area (Å²) in [7, 11) is 1.90. The van der Waals surface area contributed by atoms with Crippen LogP contribution in [0.3, 0.4) is 0 Å². The first-order valence-corrected chi connectivity index (χ1v) is 9.64. The van der Waals surface area contributed by atoms with Gasteiger partial charge < -0.3 is 15.3 Å². The lowest BCUT2D eigenvalue weighted by atomic mass is 9.96. The smallest absolute Gasteiger partial charge is 0.270 e. The maximum absolute atomic E-state index is 12.8. The number of rotatable bonds is 5. The van der Waals surface area contributed by atoms with Crippen molar-refractivity contribution in [3.63, 3.8) is 0 Å². The third-order valence-corrected chi connectivity index (χ3v) is 5.72. The third-order valence-electron chi connectivity index (χ3n) is 5.72. The van der Waals surface area contributed by atoms with Gasteiger partial charge in [0.1, 0.15) is 5.69 Å². The van der Waals surface area contributed by atoms with Crippen molar-refractivity contribution in [2.45, 2.75) is 44.2 Å². The number of nitrogens with one attached hydrogen (secondary N) is 1. The number of aliphatic hydroxyl groups excluding tert-OH is 1. The van der Waals surface area contributed by atoms with Crippen LogP contribution in [0.1, 0.15) is 42.4 Å². The average molecular weight is 369 g/mol. The third kappa shape index (κ3) is 3.98. The van der Waals surface area contributed by atoms with E-state index in [4.69, 9.17) is 0 Å². The highest BCUT2D eigenvalue weighted by Crippen LogP contribution is 2.38. The minimum absolute atomic E-state index is 0.129. The summed E-state index contributed by atoms with van der Waals surface area (Å²) in [5, 5.41) is 17.5. The van der Waals surface area contributed by atoms with Gasteiger partial charge in [0.2, 0.25) is 0 Å². The predicted molar refractivity (Wildman–Crippen MR) is 103 cm³/mol. The molecule has 1 amide bonds. The Hall–Kier alpha value is -2.41. The molecule has 2 aromatic heterocycles. The van der Waals surface area contributed by atoms with Crippen molar-refractivity contribution in [2.24, 2.45) is 13.0 Å². The molecule has 1 saturated heterocycles. The number of hydrogen-bond acceptors (Lipinski definition) is 5. The molecule has 1 aliphatic heterocycles. The number of amides is 1. The number of nitrogens with zero attached hydrogens (tertiary/aromatic N) is 4. The van der Waals surface area contributed by atoms with Gasteiger partial charge in [0.05, 0.1) is 11.8 Å². The van der Waals surface area contributed by atoms with Crippen LogP contribution in [0.25, 0.3) is 0 Å². The Morgan fingerprint density at radius 3 is 2.89 bits per heavy atom. The molecule has 3 heterocycles. The molecule has 27 heavy (non-hydrogen) atoms. The Labute approximate surface area is 159 Å². The highest BCUT2D eigenvalue weighted by Gasteiger charge is 2.44. The highest BCUT2D eigenvalue weighted by molar-refractivity contribution is 5.94.